The molecule has 0 amide bonds. The maximum Gasteiger partial charge on any atom is 0.273 e. The number of furan rings is 1. The number of rotatable bonds is 5. The Balaban J connectivity index is 2.73. The highest BCUT2D eigenvalue weighted by Crippen LogP contribution is 2.12. The van der Waals surface area contributed by atoms with Gasteiger partial charge in [-0.2, -0.15) is 0 Å². The second-order valence-electron chi connectivity index (χ2n) is 3.16. The molecule has 0 bridgehead atoms. The van der Waals surface area contributed by atoms with E-state index in [1.54, 1.807) is 11.1 Å². The van der Waals surface area contributed by atoms with Crippen molar-refractivity contribution in [1.29, 1.82) is 0 Å². The molecule has 0 aliphatic rings. The fraction of sp³-hybridized carbons (Fsp3) is 0.500. The molecule has 2 N–H and O–H groups in total. The molecular formula is C8H15N3O3S. The van der Waals surface area contributed by atoms with Gasteiger partial charge in [0.05, 0.1) is 6.54 Å². The number of sulfonamides is 1. The van der Waals surface area contributed by atoms with Gasteiger partial charge in [-0.3, -0.25) is 5.01 Å². The third-order valence-corrected chi connectivity index (χ3v) is 3.03. The Morgan fingerprint density at radius 1 is 1.40 bits per heavy atom. The Morgan fingerprint density at radius 3 is 2.60 bits per heavy atom. The summed E-state index contributed by atoms with van der Waals surface area (Å²) in [6.45, 7) is 0.451. The normalized spacial score (nSPS) is 12.3. The van der Waals surface area contributed by atoms with Gasteiger partial charge in [0.2, 0.25) is 5.09 Å². The first kappa shape index (κ1) is 12.2. The summed E-state index contributed by atoms with van der Waals surface area (Å²) in [5.74, 6) is 0.567. The van der Waals surface area contributed by atoms with Crippen LogP contribution in [0.15, 0.2) is 21.6 Å². The Bertz CT molecular complexity index is 411. The molecular weight excluding hydrogens is 218 g/mol. The highest BCUT2D eigenvalue weighted by Gasteiger charge is 2.15. The van der Waals surface area contributed by atoms with Crippen LogP contribution in [0.1, 0.15) is 5.76 Å². The highest BCUT2D eigenvalue weighted by molar-refractivity contribution is 7.89. The summed E-state index contributed by atoms with van der Waals surface area (Å²) in [6, 6.07) is 3.05. The SMILES string of the molecule is CNS(=O)(=O)c1ccc(CNN(C)C)o1. The van der Waals surface area contributed by atoms with Crippen molar-refractivity contribution in [3.63, 3.8) is 0 Å². The van der Waals surface area contributed by atoms with E-state index in [1.165, 1.54) is 13.1 Å². The quantitative estimate of drug-likeness (QED) is 0.686. The standard InChI is InChI=1S/C8H15N3O3S/c1-9-15(12,13)8-5-4-7(14-8)6-10-11(2)3/h4-5,9-10H,6H2,1-3H3. The molecule has 0 aromatic carbocycles. The first-order valence-electron chi connectivity index (χ1n) is 4.39. The van der Waals surface area contributed by atoms with Gasteiger partial charge in [-0.05, 0) is 19.2 Å². The summed E-state index contributed by atoms with van der Waals surface area (Å²) in [7, 11) is 1.55. The third-order valence-electron chi connectivity index (χ3n) is 1.74. The number of hydrazine groups is 1. The first-order chi connectivity index (χ1) is 6.95. The lowest BCUT2D eigenvalue weighted by molar-refractivity contribution is 0.265. The fourth-order valence-corrected chi connectivity index (χ4v) is 1.60. The van der Waals surface area contributed by atoms with Gasteiger partial charge in [0, 0.05) is 14.1 Å². The van der Waals surface area contributed by atoms with Gasteiger partial charge >= 0.3 is 0 Å². The van der Waals surface area contributed by atoms with Crippen molar-refractivity contribution in [3.05, 3.63) is 17.9 Å². The molecule has 1 aromatic heterocycles. The minimum Gasteiger partial charge on any atom is -0.447 e. The molecule has 0 saturated heterocycles. The van der Waals surface area contributed by atoms with Crippen molar-refractivity contribution < 1.29 is 12.8 Å². The van der Waals surface area contributed by atoms with Crippen LogP contribution in [0.3, 0.4) is 0 Å². The van der Waals surface area contributed by atoms with Crippen molar-refractivity contribution in [2.75, 3.05) is 21.1 Å². The van der Waals surface area contributed by atoms with Crippen LogP contribution in [0, 0.1) is 0 Å². The zero-order chi connectivity index (χ0) is 11.5. The summed E-state index contributed by atoms with van der Waals surface area (Å²) >= 11 is 0. The minimum absolute atomic E-state index is 0.0689. The average Bonchev–Trinajstić information content (AvgIpc) is 2.63. The molecule has 0 spiro atoms. The Kier molecular flexibility index (Phi) is 3.86. The molecule has 0 fully saturated rings. The Hall–Kier alpha value is -0.890. The zero-order valence-electron chi connectivity index (χ0n) is 8.94. The van der Waals surface area contributed by atoms with E-state index in [9.17, 15) is 8.42 Å². The number of nitrogens with zero attached hydrogens (tertiary/aromatic N) is 1. The van der Waals surface area contributed by atoms with E-state index in [0.29, 0.717) is 12.3 Å². The van der Waals surface area contributed by atoms with Gasteiger partial charge in [0.15, 0.2) is 0 Å². The van der Waals surface area contributed by atoms with Gasteiger partial charge in [-0.15, -0.1) is 0 Å². The van der Waals surface area contributed by atoms with Gasteiger partial charge in [-0.25, -0.2) is 18.6 Å². The topological polar surface area (TPSA) is 74.6 Å². The monoisotopic (exact) mass is 233 g/mol. The Morgan fingerprint density at radius 2 is 2.07 bits per heavy atom. The zero-order valence-corrected chi connectivity index (χ0v) is 9.76. The number of hydrogen-bond acceptors (Lipinski definition) is 5. The van der Waals surface area contributed by atoms with Crippen LogP contribution >= 0.6 is 0 Å². The van der Waals surface area contributed by atoms with E-state index in [0.717, 1.165) is 0 Å². The summed E-state index contributed by atoms with van der Waals surface area (Å²) < 4.78 is 30.0. The molecule has 0 unspecified atom stereocenters. The van der Waals surface area contributed by atoms with Crippen LogP contribution in [-0.4, -0.2) is 34.6 Å². The maximum absolute atomic E-state index is 11.3. The maximum atomic E-state index is 11.3. The predicted octanol–water partition coefficient (Wildman–Crippen LogP) is -0.246. The van der Waals surface area contributed by atoms with Crippen LogP contribution in [0.25, 0.3) is 0 Å². The lowest BCUT2D eigenvalue weighted by Gasteiger charge is -2.09. The molecule has 1 rings (SSSR count). The van der Waals surface area contributed by atoms with E-state index in [2.05, 4.69) is 10.1 Å². The summed E-state index contributed by atoms with van der Waals surface area (Å²) in [4.78, 5) is 0. The molecule has 0 saturated carbocycles. The van der Waals surface area contributed by atoms with Crippen LogP contribution in [0.5, 0.6) is 0 Å². The van der Waals surface area contributed by atoms with Gasteiger partial charge in [0.25, 0.3) is 10.0 Å². The summed E-state index contributed by atoms with van der Waals surface area (Å²) in [6.07, 6.45) is 0. The van der Waals surface area contributed by atoms with Crippen LogP contribution in [0.2, 0.25) is 0 Å². The predicted molar refractivity (Wildman–Crippen MR) is 55.5 cm³/mol. The van der Waals surface area contributed by atoms with Crippen molar-refractivity contribution in [3.8, 4) is 0 Å². The third kappa shape index (κ3) is 3.31. The van der Waals surface area contributed by atoms with Crippen molar-refractivity contribution >= 4 is 10.0 Å². The lowest BCUT2D eigenvalue weighted by Crippen LogP contribution is -2.29. The molecule has 6 nitrogen and oxygen atoms in total. The smallest absolute Gasteiger partial charge is 0.273 e. The molecule has 1 heterocycles. The molecule has 86 valence electrons. The van der Waals surface area contributed by atoms with Gasteiger partial charge in [-0.1, -0.05) is 0 Å². The second kappa shape index (κ2) is 4.75. The highest BCUT2D eigenvalue weighted by atomic mass is 32.2. The first-order valence-corrected chi connectivity index (χ1v) is 5.87. The van der Waals surface area contributed by atoms with E-state index >= 15 is 0 Å². The molecule has 1 aromatic rings. The molecule has 0 atom stereocenters. The molecule has 7 heteroatoms. The Labute approximate surface area is 89.3 Å². The van der Waals surface area contributed by atoms with Crippen LogP contribution < -0.4 is 10.1 Å². The largest absolute Gasteiger partial charge is 0.447 e. The van der Waals surface area contributed by atoms with E-state index in [-0.39, 0.29) is 5.09 Å². The molecule has 0 radical (unpaired) electrons. The van der Waals surface area contributed by atoms with Crippen molar-refractivity contribution in [2.45, 2.75) is 11.6 Å². The summed E-state index contributed by atoms with van der Waals surface area (Å²) in [5.41, 5.74) is 2.97. The van der Waals surface area contributed by atoms with E-state index in [4.69, 9.17) is 4.42 Å². The number of nitrogens with one attached hydrogen (secondary N) is 2. The van der Waals surface area contributed by atoms with Gasteiger partial charge in [0.1, 0.15) is 5.76 Å². The van der Waals surface area contributed by atoms with Crippen LogP contribution in [0.4, 0.5) is 0 Å². The number of hydrogen-bond donors (Lipinski definition) is 2. The van der Waals surface area contributed by atoms with E-state index in [1.807, 2.05) is 14.1 Å². The summed E-state index contributed by atoms with van der Waals surface area (Å²) in [5, 5.41) is 1.69. The fourth-order valence-electron chi connectivity index (χ4n) is 0.934. The molecule has 0 aliphatic heterocycles. The second-order valence-corrected chi connectivity index (χ2v) is 4.98. The lowest BCUT2D eigenvalue weighted by atomic mass is 10.5. The molecule has 0 aliphatic carbocycles. The minimum atomic E-state index is -3.47. The molecule has 15 heavy (non-hydrogen) atoms. The average molecular weight is 233 g/mol. The van der Waals surface area contributed by atoms with Crippen molar-refractivity contribution in [2.24, 2.45) is 0 Å². The van der Waals surface area contributed by atoms with Crippen molar-refractivity contribution in [1.82, 2.24) is 15.2 Å². The van der Waals surface area contributed by atoms with Gasteiger partial charge < -0.3 is 4.42 Å². The van der Waals surface area contributed by atoms with E-state index < -0.39 is 10.0 Å². The van der Waals surface area contributed by atoms with Crippen LogP contribution in [-0.2, 0) is 16.6 Å².